The lowest BCUT2D eigenvalue weighted by Crippen LogP contribution is -2.07. The summed E-state index contributed by atoms with van der Waals surface area (Å²) in [4.78, 5) is 7.26. The Morgan fingerprint density at radius 2 is 2.00 bits per heavy atom. The number of nitrogen functional groups attached to an aromatic ring is 1. The van der Waals surface area contributed by atoms with Crippen LogP contribution in [0, 0.1) is 0 Å². The van der Waals surface area contributed by atoms with Crippen LogP contribution in [-0.4, -0.2) is 23.7 Å². The van der Waals surface area contributed by atoms with Gasteiger partial charge in [-0.1, -0.05) is 12.1 Å². The van der Waals surface area contributed by atoms with Crippen LogP contribution in [-0.2, 0) is 17.3 Å². The maximum atomic E-state index is 13.5. The van der Waals surface area contributed by atoms with Crippen molar-refractivity contribution in [3.8, 4) is 11.1 Å². The van der Waals surface area contributed by atoms with Gasteiger partial charge in [-0.05, 0) is 35.4 Å². The molecule has 0 aliphatic carbocycles. The zero-order valence-corrected chi connectivity index (χ0v) is 12.9. The molecule has 0 saturated heterocycles. The molecule has 0 radical (unpaired) electrons. The van der Waals surface area contributed by atoms with Crippen molar-refractivity contribution in [1.82, 2.24) is 9.97 Å². The number of ether oxygens (including phenoxy) is 1. The minimum atomic E-state index is -4.48. The molecule has 3 aromatic rings. The van der Waals surface area contributed by atoms with Crippen molar-refractivity contribution in [2.45, 2.75) is 12.6 Å². The number of aromatic nitrogens is 2. The largest absolute Gasteiger partial charge is 0.417 e. The Labute approximate surface area is 136 Å². The summed E-state index contributed by atoms with van der Waals surface area (Å²) in [7, 11) is 1.56. The first-order valence-electron chi connectivity index (χ1n) is 7.33. The summed E-state index contributed by atoms with van der Waals surface area (Å²) in [6.45, 7) is 0.439. The van der Waals surface area contributed by atoms with Gasteiger partial charge in [-0.2, -0.15) is 13.2 Å². The topological polar surface area (TPSA) is 63.9 Å². The van der Waals surface area contributed by atoms with Crippen LogP contribution >= 0.6 is 0 Å². The highest BCUT2D eigenvalue weighted by atomic mass is 19.4. The number of H-pyrrole nitrogens is 1. The third-order valence-electron chi connectivity index (χ3n) is 3.72. The minimum Gasteiger partial charge on any atom is -0.399 e. The smallest absolute Gasteiger partial charge is 0.399 e. The maximum absolute atomic E-state index is 13.5. The number of nitrogens with zero attached hydrogens (tertiary/aromatic N) is 1. The number of hydrogen-bond donors (Lipinski definition) is 2. The molecular weight excluding hydrogens is 319 g/mol. The van der Waals surface area contributed by atoms with Gasteiger partial charge in [-0.25, -0.2) is 4.98 Å². The van der Waals surface area contributed by atoms with Crippen LogP contribution in [0.15, 0.2) is 36.4 Å². The Bertz CT molecular complexity index is 871. The van der Waals surface area contributed by atoms with Crippen molar-refractivity contribution in [2.24, 2.45) is 0 Å². The van der Waals surface area contributed by atoms with E-state index >= 15 is 0 Å². The first-order valence-corrected chi connectivity index (χ1v) is 7.33. The van der Waals surface area contributed by atoms with E-state index in [1.165, 1.54) is 12.1 Å². The van der Waals surface area contributed by atoms with E-state index in [-0.39, 0.29) is 5.56 Å². The van der Waals surface area contributed by atoms with Gasteiger partial charge >= 0.3 is 6.18 Å². The summed E-state index contributed by atoms with van der Waals surface area (Å²) in [5, 5.41) is 0. The summed E-state index contributed by atoms with van der Waals surface area (Å²) in [5.41, 5.74) is 6.69. The number of fused-ring (bicyclic) bond motifs is 1. The molecule has 3 rings (SSSR count). The van der Waals surface area contributed by atoms with Gasteiger partial charge in [0.15, 0.2) is 0 Å². The molecule has 0 spiro atoms. The standard InChI is InChI=1S/C17H16F3N3O/c1-24-6-5-16-22-14-8-12(10-3-2-4-11(21)7-10)13(17(18,19)20)9-15(14)23-16/h2-4,7-9H,5-6,21H2,1H3,(H,22,23). The predicted octanol–water partition coefficient (Wildman–Crippen LogP) is 4.02. The van der Waals surface area contributed by atoms with E-state index in [4.69, 9.17) is 10.5 Å². The highest BCUT2D eigenvalue weighted by Gasteiger charge is 2.34. The Morgan fingerprint density at radius 3 is 2.67 bits per heavy atom. The fourth-order valence-electron chi connectivity index (χ4n) is 2.61. The molecule has 2 aromatic carbocycles. The summed E-state index contributed by atoms with van der Waals surface area (Å²) >= 11 is 0. The van der Waals surface area contributed by atoms with E-state index in [2.05, 4.69) is 9.97 Å². The van der Waals surface area contributed by atoms with Crippen molar-refractivity contribution in [2.75, 3.05) is 19.5 Å². The molecular formula is C17H16F3N3O. The van der Waals surface area contributed by atoms with Crippen LogP contribution in [0.1, 0.15) is 11.4 Å². The number of benzene rings is 2. The number of methoxy groups -OCH3 is 1. The molecule has 0 aliphatic heterocycles. The van der Waals surface area contributed by atoms with Gasteiger partial charge in [0, 0.05) is 19.2 Å². The van der Waals surface area contributed by atoms with Gasteiger partial charge < -0.3 is 15.5 Å². The summed E-state index contributed by atoms with van der Waals surface area (Å²) < 4.78 is 45.4. The van der Waals surface area contributed by atoms with Gasteiger partial charge in [0.05, 0.1) is 23.2 Å². The van der Waals surface area contributed by atoms with Crippen LogP contribution in [0.4, 0.5) is 18.9 Å². The molecule has 24 heavy (non-hydrogen) atoms. The number of rotatable bonds is 4. The second-order valence-corrected chi connectivity index (χ2v) is 5.46. The first-order chi connectivity index (χ1) is 11.4. The normalized spacial score (nSPS) is 12.0. The molecule has 1 heterocycles. The average molecular weight is 335 g/mol. The van der Waals surface area contributed by atoms with E-state index in [0.717, 1.165) is 6.07 Å². The quantitative estimate of drug-likeness (QED) is 0.708. The summed E-state index contributed by atoms with van der Waals surface area (Å²) in [6.07, 6.45) is -3.98. The number of imidazole rings is 1. The molecule has 0 amide bonds. The number of aromatic amines is 1. The van der Waals surface area contributed by atoms with Crippen LogP contribution < -0.4 is 5.73 Å². The lowest BCUT2D eigenvalue weighted by Gasteiger charge is -2.13. The number of nitrogens with one attached hydrogen (secondary N) is 1. The van der Waals surface area contributed by atoms with Gasteiger partial charge in [-0.3, -0.25) is 0 Å². The van der Waals surface area contributed by atoms with Crippen LogP contribution in [0.3, 0.4) is 0 Å². The van der Waals surface area contributed by atoms with Gasteiger partial charge in [-0.15, -0.1) is 0 Å². The second-order valence-electron chi connectivity index (χ2n) is 5.46. The molecule has 0 bridgehead atoms. The second kappa shape index (κ2) is 6.16. The highest BCUT2D eigenvalue weighted by molar-refractivity contribution is 5.85. The lowest BCUT2D eigenvalue weighted by atomic mass is 9.98. The third kappa shape index (κ3) is 3.21. The van der Waals surface area contributed by atoms with Crippen molar-refractivity contribution >= 4 is 16.7 Å². The molecule has 4 nitrogen and oxygen atoms in total. The molecule has 0 fully saturated rings. The fourth-order valence-corrected chi connectivity index (χ4v) is 2.61. The summed E-state index contributed by atoms with van der Waals surface area (Å²) in [5.74, 6) is 0.588. The SMILES string of the molecule is COCCc1nc2cc(-c3cccc(N)c3)c(C(F)(F)F)cc2[nH]1. The van der Waals surface area contributed by atoms with E-state index in [0.29, 0.717) is 41.1 Å². The number of alkyl halides is 3. The van der Waals surface area contributed by atoms with E-state index in [1.54, 1.807) is 25.3 Å². The Hall–Kier alpha value is -2.54. The summed E-state index contributed by atoms with van der Waals surface area (Å²) in [6, 6.07) is 8.92. The third-order valence-corrected chi connectivity index (χ3v) is 3.72. The molecule has 0 unspecified atom stereocenters. The zero-order chi connectivity index (χ0) is 17.3. The van der Waals surface area contributed by atoms with Gasteiger partial charge in [0.2, 0.25) is 0 Å². The molecule has 7 heteroatoms. The Morgan fingerprint density at radius 1 is 1.21 bits per heavy atom. The Balaban J connectivity index is 2.18. The van der Waals surface area contributed by atoms with Crippen LogP contribution in [0.5, 0.6) is 0 Å². The predicted molar refractivity (Wildman–Crippen MR) is 86.5 cm³/mol. The minimum absolute atomic E-state index is 0.0621. The van der Waals surface area contributed by atoms with Gasteiger partial charge in [0.1, 0.15) is 5.82 Å². The highest BCUT2D eigenvalue weighted by Crippen LogP contribution is 2.39. The molecule has 1 aromatic heterocycles. The molecule has 0 aliphatic rings. The van der Waals surface area contributed by atoms with E-state index in [9.17, 15) is 13.2 Å². The van der Waals surface area contributed by atoms with E-state index < -0.39 is 11.7 Å². The van der Waals surface area contributed by atoms with Crippen molar-refractivity contribution in [3.05, 3.63) is 47.8 Å². The fraction of sp³-hybridized carbons (Fsp3) is 0.235. The van der Waals surface area contributed by atoms with Crippen LogP contribution in [0.2, 0.25) is 0 Å². The monoisotopic (exact) mass is 335 g/mol. The lowest BCUT2D eigenvalue weighted by molar-refractivity contribution is -0.137. The van der Waals surface area contributed by atoms with Crippen molar-refractivity contribution in [1.29, 1.82) is 0 Å². The number of halogens is 3. The molecule has 126 valence electrons. The Kier molecular flexibility index (Phi) is 4.19. The number of anilines is 1. The first kappa shape index (κ1) is 16.3. The molecule has 0 atom stereocenters. The van der Waals surface area contributed by atoms with E-state index in [1.807, 2.05) is 0 Å². The van der Waals surface area contributed by atoms with Crippen molar-refractivity contribution < 1.29 is 17.9 Å². The van der Waals surface area contributed by atoms with Gasteiger partial charge in [0.25, 0.3) is 0 Å². The number of nitrogens with two attached hydrogens (primary N) is 1. The number of hydrogen-bond acceptors (Lipinski definition) is 3. The molecule has 3 N–H and O–H groups in total. The zero-order valence-electron chi connectivity index (χ0n) is 12.9. The average Bonchev–Trinajstić information content (AvgIpc) is 2.92. The maximum Gasteiger partial charge on any atom is 0.417 e. The van der Waals surface area contributed by atoms with Crippen molar-refractivity contribution in [3.63, 3.8) is 0 Å². The van der Waals surface area contributed by atoms with Crippen LogP contribution in [0.25, 0.3) is 22.2 Å². The molecule has 0 saturated carbocycles.